The highest BCUT2D eigenvalue weighted by molar-refractivity contribution is 7.69. The number of ether oxygens (including phenoxy) is 1. The fraction of sp³-hybridized carbons (Fsp3) is 0.455. The third-order valence-electron chi connectivity index (χ3n) is 3.81. The molecule has 0 radical (unpaired) electrons. The number of alkyl halides is 2. The highest BCUT2D eigenvalue weighted by Crippen LogP contribution is 2.69. The van der Waals surface area contributed by atoms with Crippen LogP contribution in [0.4, 0.5) is 14.6 Å². The Morgan fingerprint density at radius 1 is 1.34 bits per heavy atom. The number of nitrogens with two attached hydrogens (primary N) is 1. The van der Waals surface area contributed by atoms with E-state index in [0.717, 1.165) is 12.3 Å². The molecule has 1 saturated heterocycles. The Bertz CT molecular complexity index is 1110. The standard InChI is InChI=1S/C11H15ClF2N3O12P3/c12-4-11(3-5(13)30(20,21)28-32(25,26)29-31(22,23)24)8(18)7(14)9(27-11)17-2-1-6(15)16-10(17)19/h1-3,7-9,18H,4H2,(H,20,21)(H,25,26)(H2,15,16,19)(H2,22,23,24)/t7-,8+,9-,11+/m1/s1. The number of aromatic nitrogens is 2. The van der Waals surface area contributed by atoms with Crippen molar-refractivity contribution in [1.29, 1.82) is 0 Å². The molecule has 1 fully saturated rings. The van der Waals surface area contributed by atoms with E-state index in [1.54, 1.807) is 0 Å². The molecule has 1 aromatic rings. The fourth-order valence-corrected chi connectivity index (χ4v) is 6.07. The smallest absolute Gasteiger partial charge is 0.386 e. The first kappa shape index (κ1) is 27.2. The Kier molecular flexibility index (Phi) is 7.90. The summed E-state index contributed by atoms with van der Waals surface area (Å²) >= 11 is 5.63. The molecule has 1 aliphatic heterocycles. The SMILES string of the molecule is Nc1ccn([C@@H]2O[C@@](C=C(F)P(=O)(O)OP(=O)(O)OP(=O)(O)O)(CCl)[C@@H](O)[C@H]2F)c(=O)n1. The summed E-state index contributed by atoms with van der Waals surface area (Å²) in [6.07, 6.45) is -5.91. The van der Waals surface area contributed by atoms with Crippen molar-refractivity contribution < 1.29 is 60.5 Å². The Labute approximate surface area is 181 Å². The van der Waals surface area contributed by atoms with Gasteiger partial charge in [-0.25, -0.2) is 22.6 Å². The quantitative estimate of drug-likeness (QED) is 0.189. The molecule has 1 aromatic heterocycles. The molecule has 0 spiro atoms. The van der Waals surface area contributed by atoms with Crippen LogP contribution in [0.5, 0.6) is 0 Å². The highest BCUT2D eigenvalue weighted by atomic mass is 35.5. The van der Waals surface area contributed by atoms with E-state index >= 15 is 0 Å². The lowest BCUT2D eigenvalue weighted by molar-refractivity contribution is -0.0616. The summed E-state index contributed by atoms with van der Waals surface area (Å²) in [4.78, 5) is 50.9. The van der Waals surface area contributed by atoms with Crippen LogP contribution in [0.15, 0.2) is 28.7 Å². The molecule has 15 nitrogen and oxygen atoms in total. The molecule has 0 aliphatic carbocycles. The van der Waals surface area contributed by atoms with Gasteiger partial charge in [0.2, 0.25) is 5.57 Å². The zero-order valence-corrected chi connectivity index (χ0v) is 18.7. The maximum absolute atomic E-state index is 14.7. The van der Waals surface area contributed by atoms with Gasteiger partial charge in [-0.05, 0) is 12.1 Å². The molecule has 6 atom stereocenters. The van der Waals surface area contributed by atoms with Gasteiger partial charge in [0.1, 0.15) is 17.5 Å². The zero-order valence-electron chi connectivity index (χ0n) is 15.2. The molecule has 0 aromatic carbocycles. The minimum Gasteiger partial charge on any atom is -0.386 e. The Morgan fingerprint density at radius 3 is 2.44 bits per heavy atom. The Balaban J connectivity index is 2.40. The van der Waals surface area contributed by atoms with E-state index in [9.17, 15) is 37.3 Å². The molecule has 2 unspecified atom stereocenters. The van der Waals surface area contributed by atoms with Crippen LogP contribution < -0.4 is 11.4 Å². The second-order valence-corrected chi connectivity index (χ2v) is 11.1. The van der Waals surface area contributed by atoms with E-state index in [4.69, 9.17) is 36.8 Å². The van der Waals surface area contributed by atoms with Crippen molar-refractivity contribution in [1.82, 2.24) is 9.55 Å². The second-order valence-electron chi connectivity index (χ2n) is 6.14. The summed E-state index contributed by atoms with van der Waals surface area (Å²) in [6, 6.07) is 1.07. The van der Waals surface area contributed by atoms with Crippen LogP contribution in [0.3, 0.4) is 0 Å². The monoisotopic (exact) mass is 547 g/mol. The summed E-state index contributed by atoms with van der Waals surface area (Å²) in [5.41, 5.74) is -0.786. The maximum Gasteiger partial charge on any atom is 0.488 e. The van der Waals surface area contributed by atoms with Crippen LogP contribution in [0, 0.1) is 0 Å². The molecule has 2 rings (SSSR count). The molecular formula is C11H15ClF2N3O12P3. The minimum atomic E-state index is -6.01. The fourth-order valence-electron chi connectivity index (χ4n) is 2.49. The summed E-state index contributed by atoms with van der Waals surface area (Å²) in [5.74, 6) is -1.22. The van der Waals surface area contributed by atoms with Crippen molar-refractivity contribution in [2.24, 2.45) is 0 Å². The zero-order chi connectivity index (χ0) is 24.7. The normalized spacial score (nSPS) is 30.6. The Hall–Kier alpha value is -1.06. The van der Waals surface area contributed by atoms with E-state index in [1.807, 2.05) is 0 Å². The number of halogens is 3. The molecule has 21 heteroatoms. The summed E-state index contributed by atoms with van der Waals surface area (Å²) in [7, 11) is -17.7. The molecule has 182 valence electrons. The number of hydrogen-bond acceptors (Lipinski definition) is 10. The third-order valence-corrected chi connectivity index (χ3v) is 8.28. The number of nitrogens with zero attached hydrogens (tertiary/aromatic N) is 2. The first-order valence-corrected chi connectivity index (χ1v) is 13.0. The van der Waals surface area contributed by atoms with E-state index < -0.39 is 64.5 Å². The van der Waals surface area contributed by atoms with Crippen molar-refractivity contribution in [3.05, 3.63) is 34.4 Å². The van der Waals surface area contributed by atoms with Crippen LogP contribution in [0.1, 0.15) is 6.23 Å². The van der Waals surface area contributed by atoms with Crippen LogP contribution in [0.2, 0.25) is 0 Å². The molecule has 32 heavy (non-hydrogen) atoms. The number of aliphatic hydroxyl groups is 1. The van der Waals surface area contributed by atoms with Gasteiger partial charge in [-0.15, -0.1) is 11.6 Å². The second kappa shape index (κ2) is 9.29. The van der Waals surface area contributed by atoms with Gasteiger partial charge in [-0.1, -0.05) is 0 Å². The largest absolute Gasteiger partial charge is 0.488 e. The van der Waals surface area contributed by atoms with Crippen molar-refractivity contribution >= 4 is 40.7 Å². The molecule has 2 heterocycles. The summed E-state index contributed by atoms with van der Waals surface area (Å²) in [5, 5.41) is 10.2. The van der Waals surface area contributed by atoms with Gasteiger partial charge in [0.05, 0.1) is 5.88 Å². The molecule has 7 N–H and O–H groups in total. The summed E-state index contributed by atoms with van der Waals surface area (Å²) < 4.78 is 75.7. The molecule has 0 amide bonds. The van der Waals surface area contributed by atoms with Gasteiger partial charge in [0.15, 0.2) is 12.4 Å². The number of phosphoric acid groups is 2. The third kappa shape index (κ3) is 6.08. The number of hydrogen-bond donors (Lipinski definition) is 6. The van der Waals surface area contributed by atoms with E-state index in [1.165, 1.54) is 0 Å². The van der Waals surface area contributed by atoms with E-state index in [0.29, 0.717) is 4.57 Å². The first-order chi connectivity index (χ1) is 14.4. The molecule has 0 saturated carbocycles. The average Bonchev–Trinajstić information content (AvgIpc) is 2.84. The van der Waals surface area contributed by atoms with Crippen molar-refractivity contribution in [2.75, 3.05) is 11.6 Å². The topological polar surface area (TPSA) is 241 Å². The highest BCUT2D eigenvalue weighted by Gasteiger charge is 2.56. The number of rotatable bonds is 8. The minimum absolute atomic E-state index is 0.0503. The molecule has 1 aliphatic rings. The van der Waals surface area contributed by atoms with Crippen LogP contribution in [-0.2, 0) is 27.1 Å². The summed E-state index contributed by atoms with van der Waals surface area (Å²) in [6.45, 7) is 0. The van der Waals surface area contributed by atoms with Gasteiger partial charge in [-0.3, -0.25) is 9.13 Å². The van der Waals surface area contributed by atoms with Gasteiger partial charge >= 0.3 is 28.9 Å². The van der Waals surface area contributed by atoms with Crippen LogP contribution >= 0.6 is 34.8 Å². The van der Waals surface area contributed by atoms with Gasteiger partial charge in [0.25, 0.3) is 0 Å². The number of nitrogen functional groups attached to an aromatic ring is 1. The maximum atomic E-state index is 14.7. The average molecular weight is 548 g/mol. The Morgan fingerprint density at radius 2 is 1.94 bits per heavy atom. The lowest BCUT2D eigenvalue weighted by atomic mass is 9.98. The van der Waals surface area contributed by atoms with Crippen molar-refractivity contribution in [2.45, 2.75) is 24.1 Å². The predicted molar refractivity (Wildman–Crippen MR) is 100 cm³/mol. The number of aliphatic hydroxyl groups excluding tert-OH is 1. The molecular weight excluding hydrogens is 533 g/mol. The predicted octanol–water partition coefficient (Wildman–Crippen LogP) is 0.253. The van der Waals surface area contributed by atoms with E-state index in [-0.39, 0.29) is 11.9 Å². The molecule has 0 bridgehead atoms. The van der Waals surface area contributed by atoms with Crippen LogP contribution in [-0.4, -0.2) is 58.0 Å². The van der Waals surface area contributed by atoms with Crippen LogP contribution in [0.25, 0.3) is 0 Å². The lowest BCUT2D eigenvalue weighted by Gasteiger charge is -2.26. The van der Waals surface area contributed by atoms with Gasteiger partial charge < -0.3 is 35.2 Å². The number of anilines is 1. The van der Waals surface area contributed by atoms with Gasteiger partial charge in [0, 0.05) is 6.20 Å². The first-order valence-electron chi connectivity index (χ1n) is 7.86. The van der Waals surface area contributed by atoms with Crippen molar-refractivity contribution in [3.8, 4) is 0 Å². The van der Waals surface area contributed by atoms with E-state index in [2.05, 4.69) is 13.6 Å². The lowest BCUT2D eigenvalue weighted by Crippen LogP contribution is -2.42. The van der Waals surface area contributed by atoms with Crippen molar-refractivity contribution in [3.63, 3.8) is 0 Å². The van der Waals surface area contributed by atoms with Gasteiger partial charge in [-0.2, -0.15) is 13.7 Å².